The van der Waals surface area contributed by atoms with E-state index in [2.05, 4.69) is 22.2 Å². The number of halogens is 1. The Bertz CT molecular complexity index is 391. The second kappa shape index (κ2) is 5.19. The van der Waals surface area contributed by atoms with Crippen LogP contribution in [0.5, 0.6) is 0 Å². The van der Waals surface area contributed by atoms with Crippen LogP contribution in [0.25, 0.3) is 0 Å². The highest BCUT2D eigenvalue weighted by atomic mass is 35.5. The maximum atomic E-state index is 5.96. The molecule has 1 aliphatic rings. The molecule has 0 radical (unpaired) electrons. The third-order valence-corrected chi connectivity index (χ3v) is 3.79. The minimum atomic E-state index is 0.280. The van der Waals surface area contributed by atoms with Crippen molar-refractivity contribution in [2.24, 2.45) is 5.41 Å². The normalized spacial score (nSPS) is 19.0. The quantitative estimate of drug-likeness (QED) is 0.844. The van der Waals surface area contributed by atoms with Gasteiger partial charge in [-0.05, 0) is 25.2 Å². The van der Waals surface area contributed by atoms with Crippen molar-refractivity contribution < 1.29 is 4.74 Å². The Hall–Kier alpha value is -0.870. The molecule has 1 fully saturated rings. The Balaban J connectivity index is 1.99. The Morgan fingerprint density at radius 3 is 2.82 bits per heavy atom. The molecular formula is C12H18ClN3O. The van der Waals surface area contributed by atoms with Gasteiger partial charge < -0.3 is 10.1 Å². The third kappa shape index (κ3) is 3.07. The minimum absolute atomic E-state index is 0.280. The van der Waals surface area contributed by atoms with Crippen LogP contribution in [0.2, 0.25) is 5.15 Å². The fourth-order valence-electron chi connectivity index (χ4n) is 1.94. The Kier molecular flexibility index (Phi) is 3.84. The molecule has 2 rings (SSSR count). The van der Waals surface area contributed by atoms with Crippen molar-refractivity contribution in [3.8, 4) is 0 Å². The fourth-order valence-corrected chi connectivity index (χ4v) is 2.08. The van der Waals surface area contributed by atoms with Gasteiger partial charge >= 0.3 is 0 Å². The molecule has 94 valence electrons. The molecule has 1 N–H and O–H groups in total. The van der Waals surface area contributed by atoms with E-state index in [1.54, 1.807) is 0 Å². The summed E-state index contributed by atoms with van der Waals surface area (Å²) in [5.41, 5.74) is 1.19. The molecule has 0 bridgehead atoms. The summed E-state index contributed by atoms with van der Waals surface area (Å²) in [6.45, 7) is 6.80. The largest absolute Gasteiger partial charge is 0.381 e. The molecule has 0 saturated carbocycles. The first kappa shape index (κ1) is 12.6. The van der Waals surface area contributed by atoms with Gasteiger partial charge in [-0.25, -0.2) is 9.97 Å². The molecule has 0 atom stereocenters. The van der Waals surface area contributed by atoms with Crippen molar-refractivity contribution in [3.63, 3.8) is 0 Å². The van der Waals surface area contributed by atoms with Crippen LogP contribution in [-0.2, 0) is 4.74 Å². The smallest absolute Gasteiger partial charge is 0.137 e. The average molecular weight is 256 g/mol. The summed E-state index contributed by atoms with van der Waals surface area (Å²) in [4.78, 5) is 8.16. The van der Waals surface area contributed by atoms with Crippen molar-refractivity contribution in [3.05, 3.63) is 17.0 Å². The van der Waals surface area contributed by atoms with E-state index >= 15 is 0 Å². The molecule has 2 heterocycles. The van der Waals surface area contributed by atoms with E-state index in [1.165, 1.54) is 6.33 Å². The van der Waals surface area contributed by atoms with E-state index in [0.717, 1.165) is 44.0 Å². The van der Waals surface area contributed by atoms with Gasteiger partial charge in [-0.1, -0.05) is 18.5 Å². The van der Waals surface area contributed by atoms with E-state index in [-0.39, 0.29) is 5.41 Å². The maximum absolute atomic E-state index is 5.96. The van der Waals surface area contributed by atoms with Crippen LogP contribution in [0.4, 0.5) is 5.82 Å². The van der Waals surface area contributed by atoms with Gasteiger partial charge in [0.2, 0.25) is 0 Å². The summed E-state index contributed by atoms with van der Waals surface area (Å²) in [7, 11) is 0. The van der Waals surface area contributed by atoms with E-state index in [9.17, 15) is 0 Å². The zero-order valence-corrected chi connectivity index (χ0v) is 11.0. The summed E-state index contributed by atoms with van der Waals surface area (Å²) in [5, 5.41) is 3.89. The van der Waals surface area contributed by atoms with Crippen LogP contribution in [0.3, 0.4) is 0 Å². The van der Waals surface area contributed by atoms with Gasteiger partial charge in [0.1, 0.15) is 17.3 Å². The van der Waals surface area contributed by atoms with E-state index in [0.29, 0.717) is 5.15 Å². The zero-order valence-electron chi connectivity index (χ0n) is 10.3. The second-order valence-corrected chi connectivity index (χ2v) is 5.27. The number of aromatic nitrogens is 2. The van der Waals surface area contributed by atoms with Crippen LogP contribution in [-0.4, -0.2) is 29.7 Å². The minimum Gasteiger partial charge on any atom is -0.381 e. The highest BCUT2D eigenvalue weighted by molar-refractivity contribution is 6.30. The Morgan fingerprint density at radius 2 is 2.12 bits per heavy atom. The molecule has 0 aromatic carbocycles. The predicted molar refractivity (Wildman–Crippen MR) is 68.4 cm³/mol. The number of nitrogens with one attached hydrogen (secondary N) is 1. The number of nitrogens with zero attached hydrogens (tertiary/aromatic N) is 2. The highest BCUT2D eigenvalue weighted by Crippen LogP contribution is 2.30. The van der Waals surface area contributed by atoms with Crippen molar-refractivity contribution >= 4 is 17.4 Å². The molecule has 0 unspecified atom stereocenters. The molecule has 0 amide bonds. The number of rotatable bonds is 3. The standard InChI is InChI=1S/C12H18ClN3O/c1-9-10(13)15-8-16-11(9)14-7-12(2)3-5-17-6-4-12/h8H,3-7H2,1-2H3,(H,14,15,16). The Morgan fingerprint density at radius 1 is 1.41 bits per heavy atom. The molecule has 5 heteroatoms. The number of hydrogen-bond acceptors (Lipinski definition) is 4. The SMILES string of the molecule is Cc1c(Cl)ncnc1NCC1(C)CCOCC1. The lowest BCUT2D eigenvalue weighted by Gasteiger charge is -2.33. The van der Waals surface area contributed by atoms with Crippen LogP contribution in [0, 0.1) is 12.3 Å². The molecule has 1 aromatic rings. The molecule has 0 spiro atoms. The van der Waals surface area contributed by atoms with Crippen molar-refractivity contribution in [1.82, 2.24) is 9.97 Å². The third-order valence-electron chi connectivity index (χ3n) is 3.41. The molecule has 1 aliphatic heterocycles. The first-order valence-corrected chi connectivity index (χ1v) is 6.27. The average Bonchev–Trinajstić information content (AvgIpc) is 2.32. The van der Waals surface area contributed by atoms with Crippen molar-refractivity contribution in [2.75, 3.05) is 25.1 Å². The lowest BCUT2D eigenvalue weighted by molar-refractivity contribution is 0.0299. The van der Waals surface area contributed by atoms with Crippen molar-refractivity contribution in [1.29, 1.82) is 0 Å². The summed E-state index contributed by atoms with van der Waals surface area (Å²) < 4.78 is 5.39. The van der Waals surface area contributed by atoms with Gasteiger partial charge in [0.25, 0.3) is 0 Å². The molecular weight excluding hydrogens is 238 g/mol. The lowest BCUT2D eigenvalue weighted by Crippen LogP contribution is -2.33. The van der Waals surface area contributed by atoms with Crippen LogP contribution in [0.1, 0.15) is 25.3 Å². The lowest BCUT2D eigenvalue weighted by atomic mass is 9.82. The fraction of sp³-hybridized carbons (Fsp3) is 0.667. The molecule has 17 heavy (non-hydrogen) atoms. The van der Waals surface area contributed by atoms with Crippen molar-refractivity contribution in [2.45, 2.75) is 26.7 Å². The van der Waals surface area contributed by atoms with Gasteiger partial charge in [0, 0.05) is 25.3 Å². The topological polar surface area (TPSA) is 47.0 Å². The van der Waals surface area contributed by atoms with Gasteiger partial charge in [-0.15, -0.1) is 0 Å². The van der Waals surface area contributed by atoms with Crippen LogP contribution >= 0.6 is 11.6 Å². The Labute approximate surface area is 107 Å². The van der Waals surface area contributed by atoms with E-state index < -0.39 is 0 Å². The number of ether oxygens (including phenoxy) is 1. The van der Waals surface area contributed by atoms with Gasteiger partial charge in [-0.2, -0.15) is 0 Å². The van der Waals surface area contributed by atoms with E-state index in [4.69, 9.17) is 16.3 Å². The highest BCUT2D eigenvalue weighted by Gasteiger charge is 2.27. The summed E-state index contributed by atoms with van der Waals surface area (Å²) >= 11 is 5.96. The zero-order chi connectivity index (χ0) is 12.3. The van der Waals surface area contributed by atoms with Gasteiger partial charge in [-0.3, -0.25) is 0 Å². The number of anilines is 1. The summed E-state index contributed by atoms with van der Waals surface area (Å²) in [5.74, 6) is 0.831. The van der Waals surface area contributed by atoms with E-state index in [1.807, 2.05) is 6.92 Å². The maximum Gasteiger partial charge on any atom is 0.137 e. The predicted octanol–water partition coefficient (Wildman–Crippen LogP) is 2.67. The van der Waals surface area contributed by atoms with Gasteiger partial charge in [0.15, 0.2) is 0 Å². The molecule has 0 aliphatic carbocycles. The monoisotopic (exact) mass is 255 g/mol. The molecule has 1 aromatic heterocycles. The van der Waals surface area contributed by atoms with Gasteiger partial charge in [0.05, 0.1) is 0 Å². The second-order valence-electron chi connectivity index (χ2n) is 4.91. The number of hydrogen-bond donors (Lipinski definition) is 1. The van der Waals surface area contributed by atoms with Crippen LogP contribution in [0.15, 0.2) is 6.33 Å². The molecule has 1 saturated heterocycles. The summed E-state index contributed by atoms with van der Waals surface area (Å²) in [6, 6.07) is 0. The summed E-state index contributed by atoms with van der Waals surface area (Å²) in [6.07, 6.45) is 3.65. The van der Waals surface area contributed by atoms with Crippen LogP contribution < -0.4 is 5.32 Å². The molecule has 4 nitrogen and oxygen atoms in total. The first-order valence-electron chi connectivity index (χ1n) is 5.89. The first-order chi connectivity index (χ1) is 8.11.